The smallest absolute Gasteiger partial charge is 0.277 e. The monoisotopic (exact) mass is 375 g/mol. The molecule has 0 bridgehead atoms. The first-order chi connectivity index (χ1) is 13.6. The normalized spacial score (nSPS) is 13.5. The lowest BCUT2D eigenvalue weighted by atomic mass is 10.1. The van der Waals surface area contributed by atoms with Gasteiger partial charge in [-0.15, -0.1) is 0 Å². The summed E-state index contributed by atoms with van der Waals surface area (Å²) in [5.74, 6) is 0.365. The second-order valence-corrected chi connectivity index (χ2v) is 6.79. The number of aromatic nitrogens is 1. The molecule has 6 heteroatoms. The summed E-state index contributed by atoms with van der Waals surface area (Å²) in [6.07, 6.45) is 2.03. The molecule has 0 unspecified atom stereocenters. The third-order valence-electron chi connectivity index (χ3n) is 4.83. The van der Waals surface area contributed by atoms with Gasteiger partial charge in [0.15, 0.2) is 5.69 Å². The van der Waals surface area contributed by atoms with Crippen molar-refractivity contribution in [2.45, 2.75) is 19.8 Å². The van der Waals surface area contributed by atoms with Crippen molar-refractivity contribution in [2.75, 3.05) is 18.4 Å². The molecule has 2 amide bonds. The van der Waals surface area contributed by atoms with E-state index >= 15 is 0 Å². The lowest BCUT2D eigenvalue weighted by Gasteiger charge is -2.17. The molecular formula is C22H21N3O3. The topological polar surface area (TPSA) is 75.4 Å². The minimum atomic E-state index is -0.398. The summed E-state index contributed by atoms with van der Waals surface area (Å²) in [5, 5.41) is 2.83. The van der Waals surface area contributed by atoms with Crippen molar-refractivity contribution in [2.24, 2.45) is 0 Å². The molecule has 0 aliphatic carbocycles. The van der Waals surface area contributed by atoms with Crippen molar-refractivity contribution in [1.82, 2.24) is 9.88 Å². The number of hydrogen-bond donors (Lipinski definition) is 1. The highest BCUT2D eigenvalue weighted by atomic mass is 16.4. The summed E-state index contributed by atoms with van der Waals surface area (Å²) >= 11 is 0. The Labute approximate surface area is 163 Å². The van der Waals surface area contributed by atoms with Crippen LogP contribution in [0.4, 0.5) is 5.69 Å². The summed E-state index contributed by atoms with van der Waals surface area (Å²) in [6, 6.07) is 16.5. The average Bonchev–Trinajstić information content (AvgIpc) is 3.38. The van der Waals surface area contributed by atoms with Gasteiger partial charge in [0, 0.05) is 18.7 Å². The summed E-state index contributed by atoms with van der Waals surface area (Å²) < 4.78 is 5.67. The molecule has 1 aromatic heterocycles. The van der Waals surface area contributed by atoms with Gasteiger partial charge in [0.1, 0.15) is 5.76 Å². The lowest BCUT2D eigenvalue weighted by Crippen LogP contribution is -2.28. The van der Waals surface area contributed by atoms with Gasteiger partial charge in [-0.1, -0.05) is 30.3 Å². The Kier molecular flexibility index (Phi) is 4.93. The van der Waals surface area contributed by atoms with E-state index in [4.69, 9.17) is 4.42 Å². The Hall–Kier alpha value is -3.41. The first kappa shape index (κ1) is 18.0. The predicted octanol–water partition coefficient (Wildman–Crippen LogP) is 4.14. The second-order valence-electron chi connectivity index (χ2n) is 6.79. The number of para-hydroxylation sites is 1. The Morgan fingerprint density at radius 1 is 1.00 bits per heavy atom. The van der Waals surface area contributed by atoms with Crippen LogP contribution in [0.2, 0.25) is 0 Å². The van der Waals surface area contributed by atoms with E-state index < -0.39 is 5.91 Å². The number of nitrogens with one attached hydrogen (secondary N) is 1. The van der Waals surface area contributed by atoms with Crippen LogP contribution in [0, 0.1) is 6.92 Å². The maximum atomic E-state index is 12.8. The van der Waals surface area contributed by atoms with E-state index in [-0.39, 0.29) is 11.6 Å². The number of rotatable bonds is 4. The standard InChI is InChI=1S/C22H21N3O3/c1-15-19(24-21(28-15)16-9-3-2-4-10-16)20(26)23-18-12-6-5-11-17(18)22(27)25-13-7-8-14-25/h2-6,9-12H,7-8,13-14H2,1H3,(H,23,26). The molecule has 0 spiro atoms. The van der Waals surface area contributed by atoms with Crippen LogP contribution in [0.1, 0.15) is 39.4 Å². The molecule has 1 aliphatic rings. The summed E-state index contributed by atoms with van der Waals surface area (Å²) in [4.78, 5) is 31.8. The van der Waals surface area contributed by atoms with Gasteiger partial charge >= 0.3 is 0 Å². The largest absolute Gasteiger partial charge is 0.441 e. The van der Waals surface area contributed by atoms with E-state index in [1.165, 1.54) is 0 Å². The Morgan fingerprint density at radius 3 is 2.43 bits per heavy atom. The van der Waals surface area contributed by atoms with Gasteiger partial charge in [-0.25, -0.2) is 4.98 Å². The molecule has 142 valence electrons. The maximum absolute atomic E-state index is 12.8. The van der Waals surface area contributed by atoms with Gasteiger partial charge in [-0.3, -0.25) is 9.59 Å². The molecule has 2 heterocycles. The zero-order valence-electron chi connectivity index (χ0n) is 15.6. The van der Waals surface area contributed by atoms with Crippen LogP contribution in [0.15, 0.2) is 59.0 Å². The molecule has 1 aliphatic heterocycles. The zero-order valence-corrected chi connectivity index (χ0v) is 15.6. The molecule has 4 rings (SSSR count). The van der Waals surface area contributed by atoms with Crippen LogP contribution in [-0.4, -0.2) is 34.8 Å². The fourth-order valence-corrected chi connectivity index (χ4v) is 3.36. The Balaban J connectivity index is 1.58. The van der Waals surface area contributed by atoms with Gasteiger partial charge in [0.25, 0.3) is 11.8 Å². The number of benzene rings is 2. The van der Waals surface area contributed by atoms with Crippen molar-refractivity contribution >= 4 is 17.5 Å². The minimum absolute atomic E-state index is 0.0600. The number of hydrogen-bond acceptors (Lipinski definition) is 4. The fraction of sp³-hybridized carbons (Fsp3) is 0.227. The molecule has 0 saturated carbocycles. The van der Waals surface area contributed by atoms with E-state index in [0.717, 1.165) is 31.5 Å². The quantitative estimate of drug-likeness (QED) is 0.744. The van der Waals surface area contributed by atoms with E-state index in [2.05, 4.69) is 10.3 Å². The van der Waals surface area contributed by atoms with Gasteiger partial charge < -0.3 is 14.6 Å². The van der Waals surface area contributed by atoms with Crippen molar-refractivity contribution < 1.29 is 14.0 Å². The third kappa shape index (κ3) is 3.53. The summed E-state index contributed by atoms with van der Waals surface area (Å²) in [5.41, 5.74) is 1.98. The van der Waals surface area contributed by atoms with Crippen LogP contribution >= 0.6 is 0 Å². The number of oxazole rings is 1. The third-order valence-corrected chi connectivity index (χ3v) is 4.83. The average molecular weight is 375 g/mol. The molecule has 0 atom stereocenters. The number of anilines is 1. The summed E-state index contributed by atoms with van der Waals surface area (Å²) in [7, 11) is 0. The number of amides is 2. The van der Waals surface area contributed by atoms with Gasteiger partial charge in [-0.05, 0) is 44.0 Å². The number of aryl methyl sites for hydroxylation is 1. The van der Waals surface area contributed by atoms with Crippen LogP contribution < -0.4 is 5.32 Å². The van der Waals surface area contributed by atoms with E-state index in [1.807, 2.05) is 35.2 Å². The molecule has 3 aromatic rings. The van der Waals surface area contributed by atoms with Crippen molar-refractivity contribution in [1.29, 1.82) is 0 Å². The molecule has 1 fully saturated rings. The predicted molar refractivity (Wildman–Crippen MR) is 106 cm³/mol. The van der Waals surface area contributed by atoms with Crippen LogP contribution in [0.3, 0.4) is 0 Å². The number of carbonyl (C=O) groups excluding carboxylic acids is 2. The van der Waals surface area contributed by atoms with E-state index in [0.29, 0.717) is 22.9 Å². The number of carbonyl (C=O) groups is 2. The molecule has 1 N–H and O–H groups in total. The van der Waals surface area contributed by atoms with Gasteiger partial charge in [0.05, 0.1) is 11.3 Å². The highest BCUT2D eigenvalue weighted by Crippen LogP contribution is 2.24. The van der Waals surface area contributed by atoms with E-state index in [1.54, 1.807) is 31.2 Å². The molecule has 6 nitrogen and oxygen atoms in total. The highest BCUT2D eigenvalue weighted by Gasteiger charge is 2.24. The Morgan fingerprint density at radius 2 is 1.68 bits per heavy atom. The SMILES string of the molecule is Cc1oc(-c2ccccc2)nc1C(=O)Nc1ccccc1C(=O)N1CCCC1. The van der Waals surface area contributed by atoms with Crippen molar-refractivity contribution in [3.63, 3.8) is 0 Å². The summed E-state index contributed by atoms with van der Waals surface area (Å²) in [6.45, 7) is 3.21. The number of nitrogens with zero attached hydrogens (tertiary/aromatic N) is 2. The molecule has 2 aromatic carbocycles. The van der Waals surface area contributed by atoms with Crippen LogP contribution in [0.25, 0.3) is 11.5 Å². The minimum Gasteiger partial charge on any atom is -0.441 e. The zero-order chi connectivity index (χ0) is 19.5. The molecule has 28 heavy (non-hydrogen) atoms. The molecule has 1 saturated heterocycles. The second kappa shape index (κ2) is 7.68. The van der Waals surface area contributed by atoms with Gasteiger partial charge in [0.2, 0.25) is 5.89 Å². The lowest BCUT2D eigenvalue weighted by molar-refractivity contribution is 0.0794. The Bertz CT molecular complexity index is 1000. The van der Waals surface area contributed by atoms with Crippen molar-refractivity contribution in [3.8, 4) is 11.5 Å². The fourth-order valence-electron chi connectivity index (χ4n) is 3.36. The maximum Gasteiger partial charge on any atom is 0.277 e. The van der Waals surface area contributed by atoms with Crippen molar-refractivity contribution in [3.05, 3.63) is 71.6 Å². The van der Waals surface area contributed by atoms with Crippen LogP contribution in [0.5, 0.6) is 0 Å². The molecule has 0 radical (unpaired) electrons. The first-order valence-corrected chi connectivity index (χ1v) is 9.36. The first-order valence-electron chi connectivity index (χ1n) is 9.36. The van der Waals surface area contributed by atoms with E-state index in [9.17, 15) is 9.59 Å². The highest BCUT2D eigenvalue weighted by molar-refractivity contribution is 6.08. The van der Waals surface area contributed by atoms with Gasteiger partial charge in [-0.2, -0.15) is 0 Å². The molecular weight excluding hydrogens is 354 g/mol. The van der Waals surface area contributed by atoms with Crippen LogP contribution in [-0.2, 0) is 0 Å². The number of likely N-dealkylation sites (tertiary alicyclic amines) is 1.